The Kier molecular flexibility index (Phi) is 4.02. The first-order valence-electron chi connectivity index (χ1n) is 5.18. The summed E-state index contributed by atoms with van der Waals surface area (Å²) < 4.78 is 0. The Labute approximate surface area is 76.1 Å². The van der Waals surface area contributed by atoms with Crippen molar-refractivity contribution in [3.63, 3.8) is 0 Å². The summed E-state index contributed by atoms with van der Waals surface area (Å²) in [5.41, 5.74) is 5.50. The van der Waals surface area contributed by atoms with Crippen LogP contribution in [-0.2, 0) is 0 Å². The quantitative estimate of drug-likeness (QED) is 0.654. The Morgan fingerprint density at radius 3 is 2.50 bits per heavy atom. The van der Waals surface area contributed by atoms with Gasteiger partial charge in [-0.1, -0.05) is 0 Å². The van der Waals surface area contributed by atoms with E-state index in [2.05, 4.69) is 18.7 Å². The number of hydrogen-bond donors (Lipinski definition) is 1. The summed E-state index contributed by atoms with van der Waals surface area (Å²) in [7, 11) is 0. The van der Waals surface area contributed by atoms with Gasteiger partial charge in [-0.3, -0.25) is 0 Å². The van der Waals surface area contributed by atoms with E-state index in [0.29, 0.717) is 6.04 Å². The Hall–Kier alpha value is -0.0800. The number of hydrogen-bond acceptors (Lipinski definition) is 2. The van der Waals surface area contributed by atoms with Crippen LogP contribution in [0.5, 0.6) is 0 Å². The predicted octanol–water partition coefficient (Wildman–Crippen LogP) is 1.46. The highest BCUT2D eigenvalue weighted by atomic mass is 15.1. The average Bonchev–Trinajstić information content (AvgIpc) is 2.80. The van der Waals surface area contributed by atoms with Crippen molar-refractivity contribution in [2.75, 3.05) is 19.6 Å². The molecule has 0 bridgehead atoms. The maximum atomic E-state index is 5.50. The van der Waals surface area contributed by atoms with Crippen LogP contribution in [0.3, 0.4) is 0 Å². The standard InChI is InChI=1S/C10H22N2/c1-9(2)12(7-3-6-11)8-10-4-5-10/h9-10H,3-8,11H2,1-2H3. The van der Waals surface area contributed by atoms with E-state index in [1.54, 1.807) is 0 Å². The highest BCUT2D eigenvalue weighted by molar-refractivity contribution is 4.78. The van der Waals surface area contributed by atoms with Gasteiger partial charge in [0.2, 0.25) is 0 Å². The smallest absolute Gasteiger partial charge is 0.00387 e. The Bertz CT molecular complexity index is 119. The van der Waals surface area contributed by atoms with Crippen LogP contribution in [0.15, 0.2) is 0 Å². The molecule has 0 aromatic heterocycles. The van der Waals surface area contributed by atoms with E-state index in [0.717, 1.165) is 18.9 Å². The third-order valence-electron chi connectivity index (χ3n) is 2.57. The maximum absolute atomic E-state index is 5.50. The predicted molar refractivity (Wildman–Crippen MR) is 53.1 cm³/mol. The molecule has 2 heteroatoms. The van der Waals surface area contributed by atoms with E-state index in [4.69, 9.17) is 5.73 Å². The lowest BCUT2D eigenvalue weighted by molar-refractivity contribution is 0.211. The first kappa shape index (κ1) is 10.0. The fraction of sp³-hybridized carbons (Fsp3) is 1.00. The van der Waals surface area contributed by atoms with Gasteiger partial charge in [0.05, 0.1) is 0 Å². The van der Waals surface area contributed by atoms with Crippen LogP contribution in [0.25, 0.3) is 0 Å². The Balaban J connectivity index is 2.16. The normalized spacial score (nSPS) is 17.8. The monoisotopic (exact) mass is 170 g/mol. The molecule has 2 nitrogen and oxygen atoms in total. The van der Waals surface area contributed by atoms with Crippen LogP contribution in [0.4, 0.5) is 0 Å². The van der Waals surface area contributed by atoms with Crippen molar-refractivity contribution in [1.82, 2.24) is 4.90 Å². The molecule has 1 rings (SSSR count). The molecule has 72 valence electrons. The van der Waals surface area contributed by atoms with Gasteiger partial charge in [-0.2, -0.15) is 0 Å². The van der Waals surface area contributed by atoms with E-state index in [9.17, 15) is 0 Å². The molecule has 1 aliphatic rings. The van der Waals surface area contributed by atoms with E-state index < -0.39 is 0 Å². The van der Waals surface area contributed by atoms with E-state index in [-0.39, 0.29) is 0 Å². The average molecular weight is 170 g/mol. The SMILES string of the molecule is CC(C)N(CCCN)CC1CC1. The number of nitrogens with two attached hydrogens (primary N) is 1. The zero-order chi connectivity index (χ0) is 8.97. The summed E-state index contributed by atoms with van der Waals surface area (Å²) in [6.07, 6.45) is 4.04. The molecule has 1 fully saturated rings. The van der Waals surface area contributed by atoms with Gasteiger partial charge in [-0.05, 0) is 52.1 Å². The second-order valence-corrected chi connectivity index (χ2v) is 4.17. The molecule has 0 heterocycles. The third-order valence-corrected chi connectivity index (χ3v) is 2.57. The largest absolute Gasteiger partial charge is 0.330 e. The first-order chi connectivity index (χ1) is 5.74. The molecule has 0 spiro atoms. The molecule has 0 unspecified atom stereocenters. The van der Waals surface area contributed by atoms with E-state index in [1.165, 1.54) is 25.9 Å². The minimum Gasteiger partial charge on any atom is -0.330 e. The van der Waals surface area contributed by atoms with Gasteiger partial charge in [-0.15, -0.1) is 0 Å². The maximum Gasteiger partial charge on any atom is 0.00387 e. The van der Waals surface area contributed by atoms with Crippen molar-refractivity contribution in [3.8, 4) is 0 Å². The molecule has 0 amide bonds. The molecule has 0 aromatic rings. The Morgan fingerprint density at radius 1 is 1.42 bits per heavy atom. The van der Waals surface area contributed by atoms with E-state index in [1.807, 2.05) is 0 Å². The van der Waals surface area contributed by atoms with Gasteiger partial charge in [-0.25, -0.2) is 0 Å². The molecule has 0 radical (unpaired) electrons. The first-order valence-corrected chi connectivity index (χ1v) is 5.18. The second kappa shape index (κ2) is 4.83. The summed E-state index contributed by atoms with van der Waals surface area (Å²) in [6, 6.07) is 0.692. The van der Waals surface area contributed by atoms with Crippen LogP contribution in [-0.4, -0.2) is 30.6 Å². The van der Waals surface area contributed by atoms with Gasteiger partial charge in [0.15, 0.2) is 0 Å². The molecule has 2 N–H and O–H groups in total. The Morgan fingerprint density at radius 2 is 2.08 bits per heavy atom. The fourth-order valence-corrected chi connectivity index (χ4v) is 1.49. The zero-order valence-electron chi connectivity index (χ0n) is 8.42. The molecule has 0 aromatic carbocycles. The van der Waals surface area contributed by atoms with Gasteiger partial charge in [0, 0.05) is 12.6 Å². The lowest BCUT2D eigenvalue weighted by Gasteiger charge is -2.26. The third kappa shape index (κ3) is 3.55. The number of nitrogens with zero attached hydrogens (tertiary/aromatic N) is 1. The van der Waals surface area contributed by atoms with Crippen molar-refractivity contribution in [1.29, 1.82) is 0 Å². The summed E-state index contributed by atoms with van der Waals surface area (Å²) in [5.74, 6) is 1.00. The molecule has 1 saturated carbocycles. The highest BCUT2D eigenvalue weighted by Crippen LogP contribution is 2.30. The van der Waals surface area contributed by atoms with Crippen molar-refractivity contribution in [2.45, 2.75) is 39.2 Å². The van der Waals surface area contributed by atoms with Crippen LogP contribution in [0.2, 0.25) is 0 Å². The van der Waals surface area contributed by atoms with Gasteiger partial charge in [0.1, 0.15) is 0 Å². The van der Waals surface area contributed by atoms with Crippen molar-refractivity contribution < 1.29 is 0 Å². The topological polar surface area (TPSA) is 29.3 Å². The molecule has 12 heavy (non-hydrogen) atoms. The molecule has 0 saturated heterocycles. The van der Waals surface area contributed by atoms with Crippen LogP contribution in [0.1, 0.15) is 33.1 Å². The number of rotatable bonds is 6. The molecule has 1 aliphatic carbocycles. The molecular weight excluding hydrogens is 148 g/mol. The van der Waals surface area contributed by atoms with Gasteiger partial charge >= 0.3 is 0 Å². The van der Waals surface area contributed by atoms with Crippen molar-refractivity contribution >= 4 is 0 Å². The lowest BCUT2D eigenvalue weighted by atomic mass is 10.2. The summed E-state index contributed by atoms with van der Waals surface area (Å²) >= 11 is 0. The zero-order valence-corrected chi connectivity index (χ0v) is 8.42. The second-order valence-electron chi connectivity index (χ2n) is 4.17. The van der Waals surface area contributed by atoms with Crippen LogP contribution >= 0.6 is 0 Å². The molecule has 0 atom stereocenters. The minimum absolute atomic E-state index is 0.692. The highest BCUT2D eigenvalue weighted by Gasteiger charge is 2.24. The minimum atomic E-state index is 0.692. The van der Waals surface area contributed by atoms with Gasteiger partial charge < -0.3 is 10.6 Å². The molecular formula is C10H22N2. The summed E-state index contributed by atoms with van der Waals surface area (Å²) in [4.78, 5) is 2.56. The van der Waals surface area contributed by atoms with Crippen LogP contribution in [0, 0.1) is 5.92 Å². The van der Waals surface area contributed by atoms with Crippen molar-refractivity contribution in [2.24, 2.45) is 11.7 Å². The van der Waals surface area contributed by atoms with Crippen molar-refractivity contribution in [3.05, 3.63) is 0 Å². The van der Waals surface area contributed by atoms with Gasteiger partial charge in [0.25, 0.3) is 0 Å². The lowest BCUT2D eigenvalue weighted by Crippen LogP contribution is -2.34. The summed E-state index contributed by atoms with van der Waals surface area (Å²) in [5, 5.41) is 0. The molecule has 0 aliphatic heterocycles. The fourth-order valence-electron chi connectivity index (χ4n) is 1.49. The van der Waals surface area contributed by atoms with E-state index >= 15 is 0 Å². The summed E-state index contributed by atoms with van der Waals surface area (Å²) in [6.45, 7) is 7.87. The van der Waals surface area contributed by atoms with Crippen LogP contribution < -0.4 is 5.73 Å².